The van der Waals surface area contributed by atoms with E-state index in [0.29, 0.717) is 21.9 Å². The van der Waals surface area contributed by atoms with Crippen LogP contribution in [0.2, 0.25) is 0 Å². The number of primary amides is 1. The molecule has 0 bridgehead atoms. The zero-order chi connectivity index (χ0) is 22.7. The zero-order valence-corrected chi connectivity index (χ0v) is 18.2. The highest BCUT2D eigenvalue weighted by molar-refractivity contribution is 7.15. The summed E-state index contributed by atoms with van der Waals surface area (Å²) in [6, 6.07) is 10.2. The molecule has 0 saturated carbocycles. The van der Waals surface area contributed by atoms with E-state index in [-0.39, 0.29) is 5.91 Å². The summed E-state index contributed by atoms with van der Waals surface area (Å²) >= 11 is 1.42. The van der Waals surface area contributed by atoms with Crippen molar-refractivity contribution >= 4 is 44.9 Å². The number of fused-ring (bicyclic) bond motifs is 1. The maximum absolute atomic E-state index is 12.6. The van der Waals surface area contributed by atoms with E-state index in [1.54, 1.807) is 36.8 Å². The van der Waals surface area contributed by atoms with Crippen LogP contribution in [0.5, 0.6) is 0 Å². The fourth-order valence-corrected chi connectivity index (χ4v) is 3.81. The van der Waals surface area contributed by atoms with Gasteiger partial charge in [-0.15, -0.1) is 11.3 Å². The average Bonchev–Trinajstić information content (AvgIpc) is 3.17. The van der Waals surface area contributed by atoms with Crippen molar-refractivity contribution in [2.24, 2.45) is 5.73 Å². The number of pyridine rings is 1. The summed E-state index contributed by atoms with van der Waals surface area (Å²) in [4.78, 5) is 33.3. The number of nitrogens with zero attached hydrogens (tertiary/aromatic N) is 2. The first-order chi connectivity index (χ1) is 15.4. The number of nitrogens with one attached hydrogen (secondary N) is 2. The number of aryl methyl sites for hydroxylation is 2. The summed E-state index contributed by atoms with van der Waals surface area (Å²) in [5, 5.41) is 7.55. The lowest BCUT2D eigenvalue weighted by atomic mass is 10.0. The maximum Gasteiger partial charge on any atom is 0.316 e. The van der Waals surface area contributed by atoms with Crippen molar-refractivity contribution in [3.63, 3.8) is 0 Å². The second-order valence-corrected chi connectivity index (χ2v) is 8.32. The van der Waals surface area contributed by atoms with E-state index >= 15 is 0 Å². The lowest BCUT2D eigenvalue weighted by Gasteiger charge is -2.07. The number of rotatable bonds is 3. The Morgan fingerprint density at radius 2 is 1.78 bits per heavy atom. The average molecular weight is 442 g/mol. The summed E-state index contributed by atoms with van der Waals surface area (Å²) in [7, 11) is 0. The van der Waals surface area contributed by atoms with Crippen LogP contribution < -0.4 is 16.4 Å². The number of carbonyl (C=O) groups is 2. The molecule has 2 aromatic carbocycles. The quantitative estimate of drug-likeness (QED) is 0.408. The van der Waals surface area contributed by atoms with Crippen molar-refractivity contribution in [1.82, 2.24) is 9.97 Å². The first-order valence-corrected chi connectivity index (χ1v) is 10.5. The summed E-state index contributed by atoms with van der Waals surface area (Å²) in [6.07, 6.45) is 5.04. The number of amides is 3. The second-order valence-electron chi connectivity index (χ2n) is 7.09. The van der Waals surface area contributed by atoms with Crippen molar-refractivity contribution in [1.29, 1.82) is 0 Å². The highest BCUT2D eigenvalue weighted by atomic mass is 32.1. The van der Waals surface area contributed by atoms with Crippen LogP contribution in [0, 0.1) is 25.7 Å². The second kappa shape index (κ2) is 8.88. The minimum Gasteiger partial charge on any atom is -0.351 e. The van der Waals surface area contributed by atoms with Crippen LogP contribution in [0.1, 0.15) is 31.9 Å². The highest BCUT2D eigenvalue weighted by Gasteiger charge is 2.10. The number of hydrogen-bond donors (Lipinski definition) is 3. The third-order valence-corrected chi connectivity index (χ3v) is 5.56. The summed E-state index contributed by atoms with van der Waals surface area (Å²) < 4.78 is 0. The molecular weight excluding hydrogens is 422 g/mol. The number of hydrogen-bond acceptors (Lipinski definition) is 5. The van der Waals surface area contributed by atoms with E-state index in [9.17, 15) is 9.59 Å². The smallest absolute Gasteiger partial charge is 0.316 e. The van der Waals surface area contributed by atoms with Gasteiger partial charge in [0.15, 0.2) is 5.13 Å². The number of anilines is 2. The van der Waals surface area contributed by atoms with Crippen molar-refractivity contribution in [2.75, 3.05) is 10.6 Å². The Morgan fingerprint density at radius 3 is 2.53 bits per heavy atom. The molecule has 8 heteroatoms. The van der Waals surface area contributed by atoms with Crippen LogP contribution in [0.25, 0.3) is 10.8 Å². The molecule has 4 aromatic rings. The Balaban J connectivity index is 1.66. The van der Waals surface area contributed by atoms with Crippen LogP contribution in [0.4, 0.5) is 15.6 Å². The number of carbonyl (C=O) groups excluding carboxylic acids is 2. The zero-order valence-electron chi connectivity index (χ0n) is 17.4. The molecular formula is C24H19N5O2S. The number of aromatic nitrogens is 2. The molecule has 7 nitrogen and oxygen atoms in total. The van der Waals surface area contributed by atoms with Gasteiger partial charge in [-0.25, -0.2) is 9.78 Å². The molecule has 3 amide bonds. The molecule has 0 atom stereocenters. The van der Waals surface area contributed by atoms with E-state index in [1.807, 2.05) is 32.0 Å². The van der Waals surface area contributed by atoms with E-state index in [1.165, 1.54) is 11.3 Å². The fourth-order valence-electron chi connectivity index (χ4n) is 3.15. The van der Waals surface area contributed by atoms with Gasteiger partial charge < -0.3 is 11.1 Å². The van der Waals surface area contributed by atoms with Gasteiger partial charge in [-0.05, 0) is 37.6 Å². The monoisotopic (exact) mass is 441 g/mol. The molecule has 32 heavy (non-hydrogen) atoms. The Morgan fingerprint density at radius 1 is 0.969 bits per heavy atom. The van der Waals surface area contributed by atoms with Crippen LogP contribution in [0.15, 0.2) is 55.0 Å². The van der Waals surface area contributed by atoms with Gasteiger partial charge in [0.2, 0.25) is 0 Å². The molecule has 4 N–H and O–H groups in total. The largest absolute Gasteiger partial charge is 0.351 e. The molecule has 0 radical (unpaired) electrons. The van der Waals surface area contributed by atoms with E-state index < -0.39 is 6.03 Å². The standard InChI is InChI=1S/C24H19N5O2S/c1-14-6-7-17(22(30)29-24-27-11-15(2)32-24)10-16(14)8-9-18-12-26-13-20-19(18)4-3-5-21(20)28-23(25)31/h3-7,10-13H,1-2H3,(H3,25,28,31)(H,27,29,30). The minimum atomic E-state index is -0.646. The predicted molar refractivity (Wildman–Crippen MR) is 127 cm³/mol. The Labute approximate surface area is 188 Å². The normalized spacial score (nSPS) is 10.3. The van der Waals surface area contributed by atoms with Crippen LogP contribution in [-0.2, 0) is 0 Å². The van der Waals surface area contributed by atoms with Crippen molar-refractivity contribution in [3.05, 3.63) is 82.1 Å². The lowest BCUT2D eigenvalue weighted by molar-refractivity contribution is 0.102. The highest BCUT2D eigenvalue weighted by Crippen LogP contribution is 2.25. The van der Waals surface area contributed by atoms with E-state index in [2.05, 4.69) is 32.4 Å². The van der Waals surface area contributed by atoms with Crippen LogP contribution in [-0.4, -0.2) is 21.9 Å². The van der Waals surface area contributed by atoms with Gasteiger partial charge in [-0.2, -0.15) is 0 Å². The molecule has 2 aromatic heterocycles. The predicted octanol–water partition coefficient (Wildman–Crippen LogP) is 4.45. The van der Waals surface area contributed by atoms with Gasteiger partial charge in [0.25, 0.3) is 5.91 Å². The molecule has 0 saturated heterocycles. The number of thiazole rings is 1. The van der Waals surface area contributed by atoms with Gasteiger partial charge in [0, 0.05) is 45.4 Å². The molecule has 0 fully saturated rings. The Kier molecular flexibility index (Phi) is 5.83. The van der Waals surface area contributed by atoms with Gasteiger partial charge in [-0.3, -0.25) is 15.1 Å². The van der Waals surface area contributed by atoms with Crippen molar-refractivity contribution < 1.29 is 9.59 Å². The van der Waals surface area contributed by atoms with E-state index in [0.717, 1.165) is 26.8 Å². The summed E-state index contributed by atoms with van der Waals surface area (Å²) in [5.41, 5.74) is 8.70. The molecule has 0 spiro atoms. The summed E-state index contributed by atoms with van der Waals surface area (Å²) in [6.45, 7) is 3.87. The van der Waals surface area contributed by atoms with Crippen molar-refractivity contribution in [3.8, 4) is 11.8 Å². The Hall–Kier alpha value is -4.22. The van der Waals surface area contributed by atoms with Crippen LogP contribution >= 0.6 is 11.3 Å². The minimum absolute atomic E-state index is 0.239. The third-order valence-electron chi connectivity index (χ3n) is 4.73. The SMILES string of the molecule is Cc1cnc(NC(=O)c2ccc(C)c(C#Cc3cncc4c(NC(N)=O)cccc34)c2)s1. The molecule has 4 rings (SSSR count). The van der Waals surface area contributed by atoms with Crippen molar-refractivity contribution in [2.45, 2.75) is 13.8 Å². The van der Waals surface area contributed by atoms with Gasteiger partial charge in [0.1, 0.15) is 0 Å². The number of nitrogens with two attached hydrogens (primary N) is 1. The topological polar surface area (TPSA) is 110 Å². The van der Waals surface area contributed by atoms with Gasteiger partial charge >= 0.3 is 6.03 Å². The fraction of sp³-hybridized carbons (Fsp3) is 0.0833. The molecule has 158 valence electrons. The number of benzene rings is 2. The van der Waals surface area contributed by atoms with E-state index in [4.69, 9.17) is 5.73 Å². The van der Waals surface area contributed by atoms with Crippen LogP contribution in [0.3, 0.4) is 0 Å². The summed E-state index contributed by atoms with van der Waals surface area (Å²) in [5.74, 6) is 6.06. The molecule has 0 aliphatic carbocycles. The molecule has 0 aliphatic rings. The Bertz CT molecular complexity index is 1410. The molecule has 0 unspecified atom stereocenters. The lowest BCUT2D eigenvalue weighted by Crippen LogP contribution is -2.19. The first-order valence-electron chi connectivity index (χ1n) is 9.70. The van der Waals surface area contributed by atoms with Gasteiger partial charge in [0.05, 0.1) is 11.3 Å². The molecule has 0 aliphatic heterocycles. The first kappa shape index (κ1) is 21.0. The third kappa shape index (κ3) is 4.58. The van der Waals surface area contributed by atoms with Gasteiger partial charge in [-0.1, -0.05) is 30.0 Å². The number of urea groups is 1. The molecule has 2 heterocycles. The maximum atomic E-state index is 12.6.